The molecule has 0 aliphatic rings. The minimum absolute atomic E-state index is 0.0357. The summed E-state index contributed by atoms with van der Waals surface area (Å²) in [5.74, 6) is 0. The minimum atomic E-state index is -0.368. The predicted octanol–water partition coefficient (Wildman–Crippen LogP) is 2.56. The third-order valence-corrected chi connectivity index (χ3v) is 4.17. The molecule has 0 bridgehead atoms. The lowest BCUT2D eigenvalue weighted by atomic mass is 10.1. The molecule has 0 aromatic heterocycles. The summed E-state index contributed by atoms with van der Waals surface area (Å²) < 4.78 is 26.6. The molecule has 1 atom stereocenters. The number of rotatable bonds is 24. The van der Waals surface area contributed by atoms with Crippen molar-refractivity contribution in [1.29, 1.82) is 0 Å². The monoisotopic (exact) mass is 408 g/mol. The molecule has 0 aliphatic heterocycles. The van der Waals surface area contributed by atoms with Crippen molar-refractivity contribution in [2.45, 2.75) is 64.4 Å². The lowest BCUT2D eigenvalue weighted by molar-refractivity contribution is -0.0229. The molecule has 0 heterocycles. The fourth-order valence-electron chi connectivity index (χ4n) is 2.58. The summed E-state index contributed by atoms with van der Waals surface area (Å²) >= 11 is 0. The number of aliphatic hydroxyl groups is 2. The summed E-state index contributed by atoms with van der Waals surface area (Å²) in [5.41, 5.74) is 0. The topological polar surface area (TPSA) is 86.6 Å². The number of aliphatic hydroxyl groups excluding tert-OH is 2. The molecule has 0 spiro atoms. The molecule has 0 aromatic carbocycles. The predicted molar refractivity (Wildman–Crippen MR) is 110 cm³/mol. The van der Waals surface area contributed by atoms with E-state index < -0.39 is 0 Å². The van der Waals surface area contributed by atoms with Crippen LogP contribution in [0.3, 0.4) is 0 Å². The highest BCUT2D eigenvalue weighted by Gasteiger charge is 2.04. The third-order valence-electron chi connectivity index (χ3n) is 4.17. The van der Waals surface area contributed by atoms with Crippen molar-refractivity contribution in [3.05, 3.63) is 0 Å². The first-order chi connectivity index (χ1) is 13.8. The fraction of sp³-hybridized carbons (Fsp3) is 1.00. The Hall–Kier alpha value is -0.280. The van der Waals surface area contributed by atoms with Crippen LogP contribution in [0, 0.1) is 0 Å². The second-order valence-corrected chi connectivity index (χ2v) is 6.81. The molecule has 170 valence electrons. The van der Waals surface area contributed by atoms with Gasteiger partial charge in [-0.3, -0.25) is 0 Å². The zero-order valence-corrected chi connectivity index (χ0v) is 17.9. The van der Waals surface area contributed by atoms with Gasteiger partial charge < -0.3 is 33.9 Å². The van der Waals surface area contributed by atoms with Gasteiger partial charge in [0, 0.05) is 0 Å². The van der Waals surface area contributed by atoms with Crippen LogP contribution in [0.2, 0.25) is 0 Å². The van der Waals surface area contributed by atoms with Crippen LogP contribution < -0.4 is 0 Å². The Morgan fingerprint density at radius 1 is 0.571 bits per heavy atom. The van der Waals surface area contributed by atoms with Crippen LogP contribution in [0.1, 0.15) is 58.3 Å². The van der Waals surface area contributed by atoms with E-state index in [-0.39, 0.29) is 12.7 Å². The summed E-state index contributed by atoms with van der Waals surface area (Å²) in [4.78, 5) is 0. The van der Waals surface area contributed by atoms with Gasteiger partial charge in [-0.25, -0.2) is 0 Å². The Morgan fingerprint density at radius 3 is 1.50 bits per heavy atom. The van der Waals surface area contributed by atoms with E-state index in [1.54, 1.807) is 0 Å². The third kappa shape index (κ3) is 23.8. The molecule has 0 amide bonds. The van der Waals surface area contributed by atoms with Gasteiger partial charge in [0.05, 0.1) is 78.8 Å². The van der Waals surface area contributed by atoms with Gasteiger partial charge in [0.25, 0.3) is 0 Å². The smallest absolute Gasteiger partial charge is 0.0773 e. The van der Waals surface area contributed by atoms with Crippen LogP contribution in [-0.2, 0) is 23.7 Å². The number of hydrogen-bond acceptors (Lipinski definition) is 7. The van der Waals surface area contributed by atoms with Crippen molar-refractivity contribution in [3.8, 4) is 0 Å². The van der Waals surface area contributed by atoms with Gasteiger partial charge >= 0.3 is 0 Å². The number of ether oxygens (including phenoxy) is 5. The van der Waals surface area contributed by atoms with E-state index in [2.05, 4.69) is 6.92 Å². The summed E-state index contributed by atoms with van der Waals surface area (Å²) in [6.07, 6.45) is 9.26. The highest BCUT2D eigenvalue weighted by molar-refractivity contribution is 4.55. The average Bonchev–Trinajstić information content (AvgIpc) is 2.70. The van der Waals surface area contributed by atoms with E-state index in [0.717, 1.165) is 12.8 Å². The highest BCUT2D eigenvalue weighted by Crippen LogP contribution is 2.09. The molecular weight excluding hydrogens is 364 g/mol. The van der Waals surface area contributed by atoms with Crippen molar-refractivity contribution in [1.82, 2.24) is 0 Å². The van der Waals surface area contributed by atoms with Gasteiger partial charge in [0.2, 0.25) is 0 Å². The summed E-state index contributed by atoms with van der Waals surface area (Å²) in [6.45, 7) is 7.05. The normalized spacial score (nSPS) is 12.5. The zero-order valence-electron chi connectivity index (χ0n) is 17.9. The summed E-state index contributed by atoms with van der Waals surface area (Å²) in [7, 11) is 0. The van der Waals surface area contributed by atoms with E-state index >= 15 is 0 Å². The van der Waals surface area contributed by atoms with Crippen molar-refractivity contribution < 1.29 is 33.9 Å². The Labute approximate surface area is 171 Å². The number of unbranched alkanes of at least 4 members (excludes halogenated alkanes) is 6. The van der Waals surface area contributed by atoms with Gasteiger partial charge in [0.1, 0.15) is 0 Å². The number of hydrogen-bond donors (Lipinski definition) is 2. The average molecular weight is 409 g/mol. The maximum absolute atomic E-state index is 9.88. The van der Waals surface area contributed by atoms with Crippen molar-refractivity contribution >= 4 is 0 Å². The second kappa shape index (κ2) is 24.8. The van der Waals surface area contributed by atoms with Crippen LogP contribution >= 0.6 is 0 Å². The Morgan fingerprint density at radius 2 is 1.00 bits per heavy atom. The van der Waals surface area contributed by atoms with E-state index in [0.29, 0.717) is 66.1 Å². The molecule has 0 saturated carbocycles. The Balaban J connectivity index is 3.10. The zero-order chi connectivity index (χ0) is 20.5. The molecule has 7 nitrogen and oxygen atoms in total. The molecule has 0 aliphatic carbocycles. The van der Waals surface area contributed by atoms with Crippen LogP contribution in [0.25, 0.3) is 0 Å². The van der Waals surface area contributed by atoms with Gasteiger partial charge in [-0.05, 0) is 6.42 Å². The van der Waals surface area contributed by atoms with Crippen LogP contribution in [0.15, 0.2) is 0 Å². The molecule has 0 radical (unpaired) electrons. The standard InChI is InChI=1S/C21H44O7/c1-2-3-4-5-6-7-8-9-21(23)20-28-19-18-27-17-16-26-15-14-25-13-12-24-11-10-22/h21-23H,2-20H2,1H3. The molecule has 28 heavy (non-hydrogen) atoms. The van der Waals surface area contributed by atoms with Crippen molar-refractivity contribution in [2.75, 3.05) is 72.7 Å². The van der Waals surface area contributed by atoms with Gasteiger partial charge in [-0.15, -0.1) is 0 Å². The van der Waals surface area contributed by atoms with Gasteiger partial charge in [0.15, 0.2) is 0 Å². The first-order valence-corrected chi connectivity index (χ1v) is 11.0. The van der Waals surface area contributed by atoms with Crippen LogP contribution in [-0.4, -0.2) is 89.0 Å². The molecule has 0 aromatic rings. The van der Waals surface area contributed by atoms with Gasteiger partial charge in [-0.2, -0.15) is 0 Å². The maximum atomic E-state index is 9.88. The molecule has 0 fully saturated rings. The maximum Gasteiger partial charge on any atom is 0.0773 e. The second-order valence-electron chi connectivity index (χ2n) is 6.81. The molecule has 0 saturated heterocycles. The lowest BCUT2D eigenvalue weighted by Crippen LogP contribution is -2.18. The molecule has 7 heteroatoms. The lowest BCUT2D eigenvalue weighted by Gasteiger charge is -2.11. The molecule has 2 N–H and O–H groups in total. The largest absolute Gasteiger partial charge is 0.394 e. The summed E-state index contributed by atoms with van der Waals surface area (Å²) in [5, 5.41) is 18.4. The van der Waals surface area contributed by atoms with Crippen LogP contribution in [0.4, 0.5) is 0 Å². The first kappa shape index (κ1) is 27.7. The van der Waals surface area contributed by atoms with Gasteiger partial charge in [-0.1, -0.05) is 51.9 Å². The molecular formula is C21H44O7. The summed E-state index contributed by atoms with van der Waals surface area (Å²) in [6, 6.07) is 0. The van der Waals surface area contributed by atoms with E-state index in [9.17, 15) is 5.11 Å². The first-order valence-electron chi connectivity index (χ1n) is 11.0. The molecule has 0 rings (SSSR count). The highest BCUT2D eigenvalue weighted by atomic mass is 16.6. The SMILES string of the molecule is CCCCCCCCCC(O)COCCOCCOCCOCCOCCO. The molecule has 1 unspecified atom stereocenters. The van der Waals surface area contributed by atoms with E-state index in [1.807, 2.05) is 0 Å². The van der Waals surface area contributed by atoms with E-state index in [1.165, 1.54) is 38.5 Å². The van der Waals surface area contributed by atoms with Crippen molar-refractivity contribution in [2.24, 2.45) is 0 Å². The quantitative estimate of drug-likeness (QED) is 0.237. The van der Waals surface area contributed by atoms with Crippen LogP contribution in [0.5, 0.6) is 0 Å². The van der Waals surface area contributed by atoms with Crippen molar-refractivity contribution in [3.63, 3.8) is 0 Å². The van der Waals surface area contributed by atoms with E-state index in [4.69, 9.17) is 28.8 Å². The minimum Gasteiger partial charge on any atom is -0.394 e. The fourth-order valence-corrected chi connectivity index (χ4v) is 2.58. The Bertz CT molecular complexity index is 279. The Kier molecular flexibility index (Phi) is 24.5.